The highest BCUT2D eigenvalue weighted by Crippen LogP contribution is 2.40. The van der Waals surface area contributed by atoms with Crippen molar-refractivity contribution in [2.75, 3.05) is 18.1 Å². The smallest absolute Gasteiger partial charge is 0.194 e. The molecule has 140 valence electrons. The monoisotopic (exact) mass is 383 g/mol. The fourth-order valence-electron chi connectivity index (χ4n) is 3.43. The molecular formula is C18H30ClN3O2Si. The minimum atomic E-state index is -1.69. The summed E-state index contributed by atoms with van der Waals surface area (Å²) in [6.45, 7) is 13.1. The Balaban J connectivity index is 1.62. The van der Waals surface area contributed by atoms with Crippen molar-refractivity contribution in [1.29, 1.82) is 0 Å². The van der Waals surface area contributed by atoms with E-state index in [0.29, 0.717) is 23.9 Å². The van der Waals surface area contributed by atoms with Gasteiger partial charge in [-0.15, -0.1) is 10.2 Å². The fraction of sp³-hybridized carbons (Fsp3) is 0.778. The molecule has 0 N–H and O–H groups in total. The van der Waals surface area contributed by atoms with Crippen LogP contribution in [0, 0.1) is 0 Å². The van der Waals surface area contributed by atoms with Crippen molar-refractivity contribution in [3.8, 4) is 5.75 Å². The molecule has 2 heterocycles. The van der Waals surface area contributed by atoms with Crippen LogP contribution in [0.3, 0.4) is 0 Å². The van der Waals surface area contributed by atoms with E-state index in [1.54, 1.807) is 6.07 Å². The van der Waals surface area contributed by atoms with Gasteiger partial charge in [-0.3, -0.25) is 0 Å². The summed E-state index contributed by atoms with van der Waals surface area (Å²) in [6.07, 6.45) is 4.89. The van der Waals surface area contributed by atoms with E-state index >= 15 is 0 Å². The molecule has 1 aliphatic carbocycles. The minimum Gasteiger partial charge on any atom is -0.488 e. The first-order valence-electron chi connectivity index (χ1n) is 9.28. The summed E-state index contributed by atoms with van der Waals surface area (Å²) < 4.78 is 12.3. The fourth-order valence-corrected chi connectivity index (χ4v) is 4.99. The second-order valence-electron chi connectivity index (χ2n) is 8.71. The van der Waals surface area contributed by atoms with E-state index in [2.05, 4.69) is 49.0 Å². The Morgan fingerprint density at radius 3 is 2.52 bits per heavy atom. The van der Waals surface area contributed by atoms with Gasteiger partial charge in [0.15, 0.2) is 25.0 Å². The minimum absolute atomic E-state index is 0.266. The third-order valence-corrected chi connectivity index (χ3v) is 10.6. The van der Waals surface area contributed by atoms with Crippen LogP contribution in [0.4, 0.5) is 5.82 Å². The van der Waals surface area contributed by atoms with E-state index in [4.69, 9.17) is 20.8 Å². The molecule has 7 heteroatoms. The number of hydrogen-bond acceptors (Lipinski definition) is 5. The molecular weight excluding hydrogens is 354 g/mol. The lowest BCUT2D eigenvalue weighted by Gasteiger charge is -2.43. The Morgan fingerprint density at radius 1 is 1.20 bits per heavy atom. The van der Waals surface area contributed by atoms with Crippen LogP contribution in [0.1, 0.15) is 46.5 Å². The van der Waals surface area contributed by atoms with Gasteiger partial charge in [0, 0.05) is 18.2 Å². The molecule has 1 aromatic rings. The third kappa shape index (κ3) is 4.12. The van der Waals surface area contributed by atoms with Gasteiger partial charge in [0.1, 0.15) is 6.61 Å². The van der Waals surface area contributed by atoms with Gasteiger partial charge in [0.05, 0.1) is 6.54 Å². The van der Waals surface area contributed by atoms with E-state index in [9.17, 15) is 0 Å². The highest BCUT2D eigenvalue weighted by molar-refractivity contribution is 6.74. The number of hydrogen-bond donors (Lipinski definition) is 0. The van der Waals surface area contributed by atoms with Gasteiger partial charge < -0.3 is 14.1 Å². The molecule has 5 nitrogen and oxygen atoms in total. The van der Waals surface area contributed by atoms with Crippen LogP contribution in [0.5, 0.6) is 5.75 Å². The van der Waals surface area contributed by atoms with Crippen LogP contribution >= 0.6 is 11.6 Å². The molecule has 25 heavy (non-hydrogen) atoms. The van der Waals surface area contributed by atoms with Crippen LogP contribution in [0.2, 0.25) is 23.3 Å². The number of aromatic nitrogens is 2. The molecule has 1 aromatic heterocycles. The normalized spacial score (nSPS) is 24.6. The molecule has 0 aromatic carbocycles. The van der Waals surface area contributed by atoms with Crippen molar-refractivity contribution < 1.29 is 9.16 Å². The first-order valence-corrected chi connectivity index (χ1v) is 12.6. The summed E-state index contributed by atoms with van der Waals surface area (Å²) in [7, 11) is -1.69. The Labute approximate surface area is 157 Å². The summed E-state index contributed by atoms with van der Waals surface area (Å²) >= 11 is 5.94. The molecule has 0 atom stereocenters. The predicted octanol–water partition coefficient (Wildman–Crippen LogP) is 4.66. The van der Waals surface area contributed by atoms with Gasteiger partial charge in [-0.05, 0) is 43.8 Å². The van der Waals surface area contributed by atoms with Gasteiger partial charge in [0.2, 0.25) is 0 Å². The molecule has 0 spiro atoms. The molecule has 0 amide bonds. The number of nitrogens with zero attached hydrogens (tertiary/aromatic N) is 3. The molecule has 3 rings (SSSR count). The van der Waals surface area contributed by atoms with Crippen LogP contribution in [0.25, 0.3) is 0 Å². The van der Waals surface area contributed by atoms with Crippen LogP contribution in [-0.4, -0.2) is 43.8 Å². The maximum absolute atomic E-state index is 6.61. The van der Waals surface area contributed by atoms with Crippen molar-refractivity contribution in [3.63, 3.8) is 0 Å². The molecule has 2 aliphatic rings. The maximum Gasteiger partial charge on any atom is 0.194 e. The molecule has 0 bridgehead atoms. The van der Waals surface area contributed by atoms with Gasteiger partial charge in [-0.2, -0.15) is 0 Å². The van der Waals surface area contributed by atoms with Crippen molar-refractivity contribution in [3.05, 3.63) is 11.2 Å². The summed E-state index contributed by atoms with van der Waals surface area (Å²) in [5, 5.41) is 8.93. The average Bonchev–Trinajstić information content (AvgIpc) is 2.53. The Morgan fingerprint density at radius 2 is 1.88 bits per heavy atom. The highest BCUT2D eigenvalue weighted by atomic mass is 35.5. The lowest BCUT2D eigenvalue weighted by atomic mass is 9.92. The average molecular weight is 384 g/mol. The Hall–Kier alpha value is -0.853. The highest BCUT2D eigenvalue weighted by Gasteiger charge is 2.40. The van der Waals surface area contributed by atoms with E-state index in [1.165, 1.54) is 0 Å². The molecule has 1 aliphatic heterocycles. The molecule has 0 unspecified atom stereocenters. The standard InChI is InChI=1S/C18H30ClN3O2Si/c1-18(2,3)25(4,5)24-14-8-6-13(7-9-14)22-10-11-23-15-12-16(19)20-21-17(15)22/h12-14H,6-11H2,1-5H3. The van der Waals surface area contributed by atoms with Gasteiger partial charge in [0.25, 0.3) is 0 Å². The number of rotatable bonds is 3. The number of anilines is 1. The number of ether oxygens (including phenoxy) is 1. The molecule has 0 radical (unpaired) electrons. The maximum atomic E-state index is 6.61. The van der Waals surface area contributed by atoms with Gasteiger partial charge >= 0.3 is 0 Å². The topological polar surface area (TPSA) is 47.5 Å². The largest absolute Gasteiger partial charge is 0.488 e. The Kier molecular flexibility index (Phi) is 5.33. The van der Waals surface area contributed by atoms with Crippen molar-refractivity contribution in [2.45, 2.75) is 76.7 Å². The second-order valence-corrected chi connectivity index (χ2v) is 13.8. The molecule has 0 saturated heterocycles. The summed E-state index contributed by atoms with van der Waals surface area (Å²) in [5.74, 6) is 1.59. The van der Waals surface area contributed by atoms with Crippen LogP contribution in [0.15, 0.2) is 6.07 Å². The molecule has 1 saturated carbocycles. The first-order chi connectivity index (χ1) is 11.7. The van der Waals surface area contributed by atoms with Gasteiger partial charge in [-0.1, -0.05) is 32.4 Å². The lowest BCUT2D eigenvalue weighted by molar-refractivity contribution is 0.127. The van der Waals surface area contributed by atoms with Crippen molar-refractivity contribution in [1.82, 2.24) is 10.2 Å². The van der Waals surface area contributed by atoms with E-state index in [0.717, 1.165) is 43.8 Å². The summed E-state index contributed by atoms with van der Waals surface area (Å²) in [6, 6.07) is 2.25. The van der Waals surface area contributed by atoms with Crippen molar-refractivity contribution in [2.24, 2.45) is 0 Å². The SMILES string of the molecule is CC(C)(C)[Si](C)(C)OC1CCC(N2CCOc3cc(Cl)nnc32)CC1. The zero-order chi connectivity index (χ0) is 18.2. The van der Waals surface area contributed by atoms with E-state index in [-0.39, 0.29) is 5.04 Å². The zero-order valence-corrected chi connectivity index (χ0v) is 17.8. The van der Waals surface area contributed by atoms with Gasteiger partial charge in [-0.25, -0.2) is 0 Å². The number of fused-ring (bicyclic) bond motifs is 1. The van der Waals surface area contributed by atoms with Crippen LogP contribution < -0.4 is 9.64 Å². The van der Waals surface area contributed by atoms with E-state index < -0.39 is 8.32 Å². The quantitative estimate of drug-likeness (QED) is 0.710. The Bertz CT molecular complexity index is 613. The number of halogens is 1. The predicted molar refractivity (Wildman–Crippen MR) is 104 cm³/mol. The van der Waals surface area contributed by atoms with Crippen molar-refractivity contribution >= 4 is 25.7 Å². The second kappa shape index (κ2) is 7.04. The van der Waals surface area contributed by atoms with Crippen LogP contribution in [-0.2, 0) is 4.43 Å². The summed E-state index contributed by atoms with van der Waals surface area (Å²) in [4.78, 5) is 2.35. The summed E-state index contributed by atoms with van der Waals surface area (Å²) in [5.41, 5.74) is 0. The molecule has 1 fully saturated rings. The lowest BCUT2D eigenvalue weighted by Crippen LogP contribution is -2.48. The first kappa shape index (κ1) is 18.9. The zero-order valence-electron chi connectivity index (χ0n) is 16.0. The third-order valence-electron chi connectivity index (χ3n) is 5.92. The van der Waals surface area contributed by atoms with E-state index in [1.807, 2.05) is 0 Å².